The molecule has 0 radical (unpaired) electrons. The fourth-order valence-corrected chi connectivity index (χ4v) is 4.01. The number of benzene rings is 3. The molecular formula is C24H25N3O2. The van der Waals surface area contributed by atoms with Crippen LogP contribution in [0.25, 0.3) is 10.8 Å². The number of nitrogens with zero attached hydrogens (tertiary/aromatic N) is 1. The first-order valence-electron chi connectivity index (χ1n) is 10.1. The van der Waals surface area contributed by atoms with Crippen molar-refractivity contribution >= 4 is 34.0 Å². The Morgan fingerprint density at radius 3 is 2.48 bits per heavy atom. The van der Waals surface area contributed by atoms with Gasteiger partial charge in [0, 0.05) is 18.7 Å². The molecule has 29 heavy (non-hydrogen) atoms. The predicted octanol–water partition coefficient (Wildman–Crippen LogP) is 4.11. The summed E-state index contributed by atoms with van der Waals surface area (Å²) in [5.41, 5.74) is 8.43. The van der Waals surface area contributed by atoms with Crippen LogP contribution < -0.4 is 16.0 Å². The number of carbonyl (C=O) groups excluding carboxylic acids is 2. The second-order valence-electron chi connectivity index (χ2n) is 7.51. The summed E-state index contributed by atoms with van der Waals surface area (Å²) >= 11 is 0. The van der Waals surface area contributed by atoms with Gasteiger partial charge in [-0.1, -0.05) is 42.5 Å². The minimum Gasteiger partial charge on any atom is -0.370 e. The average molecular weight is 387 g/mol. The molecule has 3 aromatic rings. The minimum atomic E-state index is -0.500. The Kier molecular flexibility index (Phi) is 5.47. The van der Waals surface area contributed by atoms with Crippen LogP contribution in [0.2, 0.25) is 0 Å². The number of primary amides is 1. The van der Waals surface area contributed by atoms with Crippen LogP contribution in [-0.4, -0.2) is 24.9 Å². The standard InChI is InChI=1S/C24H25N3O2/c25-24(29)19-11-12-22(27-13-4-1-5-14-27)21(15-19)26-23(28)16-18-9-6-8-17-7-2-3-10-20(17)18/h2-3,6-12,15H,1,4-5,13-14,16H2,(H2,25,29)(H,26,28). The first kappa shape index (κ1) is 19.0. The molecule has 1 aliphatic heterocycles. The van der Waals surface area contributed by atoms with E-state index in [-0.39, 0.29) is 12.3 Å². The molecule has 0 atom stereocenters. The number of piperidine rings is 1. The number of hydrogen-bond acceptors (Lipinski definition) is 3. The highest BCUT2D eigenvalue weighted by molar-refractivity contribution is 6.01. The zero-order valence-corrected chi connectivity index (χ0v) is 16.4. The molecule has 0 spiro atoms. The van der Waals surface area contributed by atoms with E-state index in [1.54, 1.807) is 12.1 Å². The summed E-state index contributed by atoms with van der Waals surface area (Å²) in [5, 5.41) is 5.22. The van der Waals surface area contributed by atoms with Gasteiger partial charge in [-0.25, -0.2) is 0 Å². The molecule has 0 aliphatic carbocycles. The third-order valence-corrected chi connectivity index (χ3v) is 5.48. The van der Waals surface area contributed by atoms with Crippen molar-refractivity contribution < 1.29 is 9.59 Å². The number of fused-ring (bicyclic) bond motifs is 1. The lowest BCUT2D eigenvalue weighted by atomic mass is 10.0. The van der Waals surface area contributed by atoms with Gasteiger partial charge >= 0.3 is 0 Å². The fourth-order valence-electron chi connectivity index (χ4n) is 4.01. The van der Waals surface area contributed by atoms with E-state index < -0.39 is 5.91 Å². The molecule has 0 bridgehead atoms. The van der Waals surface area contributed by atoms with E-state index in [4.69, 9.17) is 5.73 Å². The van der Waals surface area contributed by atoms with Gasteiger partial charge in [-0.15, -0.1) is 0 Å². The summed E-state index contributed by atoms with van der Waals surface area (Å²) in [6, 6.07) is 19.3. The third-order valence-electron chi connectivity index (χ3n) is 5.48. The molecule has 148 valence electrons. The maximum atomic E-state index is 12.9. The normalized spacial score (nSPS) is 14.0. The van der Waals surface area contributed by atoms with Crippen LogP contribution in [-0.2, 0) is 11.2 Å². The lowest BCUT2D eigenvalue weighted by molar-refractivity contribution is -0.115. The van der Waals surface area contributed by atoms with Crippen LogP contribution in [0.5, 0.6) is 0 Å². The SMILES string of the molecule is NC(=O)c1ccc(N2CCCCC2)c(NC(=O)Cc2cccc3ccccc23)c1. The number of anilines is 2. The first-order chi connectivity index (χ1) is 14.1. The van der Waals surface area contributed by atoms with E-state index in [1.807, 2.05) is 48.5 Å². The molecule has 5 nitrogen and oxygen atoms in total. The highest BCUT2D eigenvalue weighted by atomic mass is 16.2. The molecule has 0 aromatic heterocycles. The van der Waals surface area contributed by atoms with Crippen LogP contribution in [0.15, 0.2) is 60.7 Å². The number of amides is 2. The van der Waals surface area contributed by atoms with Gasteiger partial charge in [0.25, 0.3) is 0 Å². The van der Waals surface area contributed by atoms with Gasteiger partial charge in [0.2, 0.25) is 11.8 Å². The monoisotopic (exact) mass is 387 g/mol. The van der Waals surface area contributed by atoms with Gasteiger partial charge in [-0.05, 0) is 53.8 Å². The predicted molar refractivity (Wildman–Crippen MR) is 117 cm³/mol. The summed E-state index contributed by atoms with van der Waals surface area (Å²) in [6.07, 6.45) is 3.74. The van der Waals surface area contributed by atoms with Gasteiger partial charge in [0.15, 0.2) is 0 Å². The quantitative estimate of drug-likeness (QED) is 0.692. The van der Waals surface area contributed by atoms with Crippen LogP contribution in [0.3, 0.4) is 0 Å². The summed E-state index contributed by atoms with van der Waals surface area (Å²) in [4.78, 5) is 26.8. The third kappa shape index (κ3) is 4.24. The van der Waals surface area contributed by atoms with E-state index in [1.165, 1.54) is 6.42 Å². The van der Waals surface area contributed by atoms with Crippen molar-refractivity contribution in [1.29, 1.82) is 0 Å². The second kappa shape index (κ2) is 8.35. The van der Waals surface area contributed by atoms with E-state index >= 15 is 0 Å². The average Bonchev–Trinajstić information content (AvgIpc) is 2.74. The van der Waals surface area contributed by atoms with E-state index in [9.17, 15) is 9.59 Å². The zero-order valence-electron chi connectivity index (χ0n) is 16.4. The van der Waals surface area contributed by atoms with Gasteiger partial charge in [-0.3, -0.25) is 9.59 Å². The molecule has 0 unspecified atom stereocenters. The molecule has 2 amide bonds. The molecule has 3 N–H and O–H groups in total. The minimum absolute atomic E-state index is 0.110. The van der Waals surface area contributed by atoms with Crippen LogP contribution >= 0.6 is 0 Å². The summed E-state index contributed by atoms with van der Waals surface area (Å²) in [7, 11) is 0. The van der Waals surface area contributed by atoms with Crippen molar-refractivity contribution in [2.45, 2.75) is 25.7 Å². The molecule has 1 heterocycles. The zero-order chi connectivity index (χ0) is 20.2. The van der Waals surface area contributed by atoms with Crippen molar-refractivity contribution in [2.24, 2.45) is 5.73 Å². The Balaban J connectivity index is 1.60. The van der Waals surface area contributed by atoms with Crippen LogP contribution in [0.1, 0.15) is 35.2 Å². The number of nitrogens with one attached hydrogen (secondary N) is 1. The highest BCUT2D eigenvalue weighted by Crippen LogP contribution is 2.30. The van der Waals surface area contributed by atoms with Gasteiger partial charge in [-0.2, -0.15) is 0 Å². The number of nitrogens with two attached hydrogens (primary N) is 1. The van der Waals surface area contributed by atoms with Crippen LogP contribution in [0, 0.1) is 0 Å². The highest BCUT2D eigenvalue weighted by Gasteiger charge is 2.18. The van der Waals surface area contributed by atoms with E-state index in [0.717, 1.165) is 48.0 Å². The van der Waals surface area contributed by atoms with Gasteiger partial charge in [0.05, 0.1) is 17.8 Å². The largest absolute Gasteiger partial charge is 0.370 e. The van der Waals surface area contributed by atoms with E-state index in [0.29, 0.717) is 11.3 Å². The smallest absolute Gasteiger partial charge is 0.248 e. The van der Waals surface area contributed by atoms with E-state index in [2.05, 4.69) is 10.2 Å². The number of rotatable bonds is 5. The molecule has 1 saturated heterocycles. The molecular weight excluding hydrogens is 362 g/mol. The molecule has 5 heteroatoms. The Morgan fingerprint density at radius 1 is 0.931 bits per heavy atom. The lowest BCUT2D eigenvalue weighted by Gasteiger charge is -2.30. The van der Waals surface area contributed by atoms with Crippen molar-refractivity contribution in [1.82, 2.24) is 0 Å². The second-order valence-corrected chi connectivity index (χ2v) is 7.51. The Labute approximate surface area is 170 Å². The van der Waals surface area contributed by atoms with Crippen molar-refractivity contribution in [3.8, 4) is 0 Å². The topological polar surface area (TPSA) is 75.4 Å². The molecule has 3 aromatic carbocycles. The summed E-state index contributed by atoms with van der Waals surface area (Å²) in [6.45, 7) is 1.89. The maximum absolute atomic E-state index is 12.9. The molecule has 0 saturated carbocycles. The lowest BCUT2D eigenvalue weighted by Crippen LogP contribution is -2.30. The Hall–Kier alpha value is -3.34. The number of hydrogen-bond donors (Lipinski definition) is 2. The fraction of sp³-hybridized carbons (Fsp3) is 0.250. The molecule has 1 fully saturated rings. The Bertz CT molecular complexity index is 1050. The maximum Gasteiger partial charge on any atom is 0.248 e. The van der Waals surface area contributed by atoms with Crippen molar-refractivity contribution in [3.05, 3.63) is 71.8 Å². The van der Waals surface area contributed by atoms with Crippen LogP contribution in [0.4, 0.5) is 11.4 Å². The summed E-state index contributed by atoms with van der Waals surface area (Å²) in [5.74, 6) is -0.610. The van der Waals surface area contributed by atoms with Crippen molar-refractivity contribution in [2.75, 3.05) is 23.3 Å². The van der Waals surface area contributed by atoms with Gasteiger partial charge < -0.3 is 16.0 Å². The molecule has 1 aliphatic rings. The van der Waals surface area contributed by atoms with Crippen molar-refractivity contribution in [3.63, 3.8) is 0 Å². The first-order valence-corrected chi connectivity index (χ1v) is 10.1. The molecule has 4 rings (SSSR count). The number of carbonyl (C=O) groups is 2. The Morgan fingerprint density at radius 2 is 1.69 bits per heavy atom. The summed E-state index contributed by atoms with van der Waals surface area (Å²) < 4.78 is 0. The van der Waals surface area contributed by atoms with Gasteiger partial charge in [0.1, 0.15) is 0 Å².